The summed E-state index contributed by atoms with van der Waals surface area (Å²) < 4.78 is 15.6. The van der Waals surface area contributed by atoms with Crippen molar-refractivity contribution in [2.45, 2.75) is 6.42 Å². The number of ketones is 1. The lowest BCUT2D eigenvalue weighted by Gasteiger charge is -2.12. The average Bonchev–Trinajstić information content (AvgIpc) is 2.82. The maximum absolute atomic E-state index is 12.6. The van der Waals surface area contributed by atoms with Crippen LogP contribution in [0.15, 0.2) is 72.8 Å². The third-order valence-electron chi connectivity index (χ3n) is 4.67. The molecule has 32 heavy (non-hydrogen) atoms. The number of carbonyl (C=O) groups excluding carboxylic acids is 3. The Bertz CT molecular complexity index is 1110. The van der Waals surface area contributed by atoms with Crippen LogP contribution in [0, 0.1) is 0 Å². The number of benzene rings is 3. The van der Waals surface area contributed by atoms with Crippen molar-refractivity contribution >= 4 is 23.3 Å². The molecule has 3 aromatic carbocycles. The molecule has 0 aliphatic carbocycles. The summed E-state index contributed by atoms with van der Waals surface area (Å²) in [4.78, 5) is 37.6. The number of rotatable bonds is 9. The predicted molar refractivity (Wildman–Crippen MR) is 119 cm³/mol. The summed E-state index contributed by atoms with van der Waals surface area (Å²) in [5.74, 6) is -0.560. The fourth-order valence-electron chi connectivity index (χ4n) is 3.06. The first-order chi connectivity index (χ1) is 15.5. The van der Waals surface area contributed by atoms with Gasteiger partial charge in [0.1, 0.15) is 11.5 Å². The quantitative estimate of drug-likeness (QED) is 0.406. The minimum atomic E-state index is -0.721. The first kappa shape index (κ1) is 22.6. The number of para-hydroxylation sites is 1. The zero-order chi connectivity index (χ0) is 22.9. The number of carbonyl (C=O) groups is 3. The summed E-state index contributed by atoms with van der Waals surface area (Å²) in [5, 5.41) is 2.73. The van der Waals surface area contributed by atoms with Crippen molar-refractivity contribution in [2.75, 3.05) is 26.1 Å². The number of hydrogen-bond acceptors (Lipinski definition) is 6. The van der Waals surface area contributed by atoms with Crippen molar-refractivity contribution in [1.29, 1.82) is 0 Å². The molecule has 1 amide bonds. The van der Waals surface area contributed by atoms with Gasteiger partial charge in [0.25, 0.3) is 0 Å². The Morgan fingerprint density at radius 2 is 1.53 bits per heavy atom. The van der Waals surface area contributed by atoms with Gasteiger partial charge in [-0.2, -0.15) is 0 Å². The number of Topliss-reactive ketones (excluding diaryl/α,β-unsaturated/α-hetero) is 1. The van der Waals surface area contributed by atoms with E-state index in [1.165, 1.54) is 20.3 Å². The van der Waals surface area contributed by atoms with Crippen LogP contribution in [0.1, 0.15) is 26.3 Å². The highest BCUT2D eigenvalue weighted by Gasteiger charge is 2.19. The molecule has 0 spiro atoms. The number of esters is 1. The van der Waals surface area contributed by atoms with Crippen molar-refractivity contribution in [3.63, 3.8) is 0 Å². The highest BCUT2D eigenvalue weighted by Crippen LogP contribution is 2.25. The lowest BCUT2D eigenvalue weighted by atomic mass is 10.1. The number of hydrogen-bond donors (Lipinski definition) is 1. The Hall–Kier alpha value is -4.13. The largest absolute Gasteiger partial charge is 0.497 e. The van der Waals surface area contributed by atoms with Gasteiger partial charge in [0.2, 0.25) is 11.7 Å². The van der Waals surface area contributed by atoms with Crippen LogP contribution in [0.4, 0.5) is 5.69 Å². The van der Waals surface area contributed by atoms with E-state index in [-0.39, 0.29) is 23.5 Å². The van der Waals surface area contributed by atoms with E-state index in [4.69, 9.17) is 14.2 Å². The Kier molecular flexibility index (Phi) is 7.59. The van der Waals surface area contributed by atoms with Gasteiger partial charge in [-0.1, -0.05) is 42.5 Å². The molecule has 0 unspecified atom stereocenters. The summed E-state index contributed by atoms with van der Waals surface area (Å²) >= 11 is 0. The van der Waals surface area contributed by atoms with Gasteiger partial charge in [-0.05, 0) is 29.8 Å². The summed E-state index contributed by atoms with van der Waals surface area (Å²) in [6, 6.07) is 20.5. The van der Waals surface area contributed by atoms with Gasteiger partial charge >= 0.3 is 5.97 Å². The third kappa shape index (κ3) is 5.72. The topological polar surface area (TPSA) is 90.9 Å². The number of amides is 1. The fraction of sp³-hybridized carbons (Fsp3) is 0.160. The Morgan fingerprint density at radius 1 is 0.812 bits per heavy atom. The standard InChI is InChI=1S/C25H23NO6/c1-30-18-12-13-20(23(15-18)31-2)22(27)16-32-25(29)19-10-6-7-11-21(19)26-24(28)14-17-8-4-3-5-9-17/h3-13,15H,14,16H2,1-2H3,(H,26,28). The lowest BCUT2D eigenvalue weighted by molar-refractivity contribution is -0.115. The van der Waals surface area contributed by atoms with E-state index >= 15 is 0 Å². The minimum Gasteiger partial charge on any atom is -0.497 e. The number of nitrogens with one attached hydrogen (secondary N) is 1. The second-order valence-electron chi connectivity index (χ2n) is 6.82. The zero-order valence-electron chi connectivity index (χ0n) is 17.8. The zero-order valence-corrected chi connectivity index (χ0v) is 17.8. The van der Waals surface area contributed by atoms with Gasteiger partial charge < -0.3 is 19.5 Å². The molecule has 0 heterocycles. The van der Waals surface area contributed by atoms with Gasteiger partial charge in [0.05, 0.1) is 37.5 Å². The first-order valence-corrected chi connectivity index (χ1v) is 9.87. The van der Waals surface area contributed by atoms with Crippen molar-refractivity contribution in [3.8, 4) is 11.5 Å². The fourth-order valence-corrected chi connectivity index (χ4v) is 3.06. The molecule has 7 heteroatoms. The second kappa shape index (κ2) is 10.8. The number of anilines is 1. The van der Waals surface area contributed by atoms with Crippen LogP contribution >= 0.6 is 0 Å². The van der Waals surface area contributed by atoms with E-state index in [0.717, 1.165) is 5.56 Å². The highest BCUT2D eigenvalue weighted by molar-refractivity contribution is 6.04. The summed E-state index contributed by atoms with van der Waals surface area (Å²) in [7, 11) is 2.94. The van der Waals surface area contributed by atoms with Crippen LogP contribution in [0.3, 0.4) is 0 Å². The molecule has 0 aliphatic rings. The van der Waals surface area contributed by atoms with Crippen LogP contribution in [-0.4, -0.2) is 38.5 Å². The van der Waals surface area contributed by atoms with Crippen molar-refractivity contribution in [3.05, 3.63) is 89.5 Å². The molecule has 0 fully saturated rings. The molecule has 1 N–H and O–H groups in total. The van der Waals surface area contributed by atoms with Gasteiger partial charge in [-0.3, -0.25) is 9.59 Å². The molecule has 0 aromatic heterocycles. The minimum absolute atomic E-state index is 0.156. The van der Waals surface area contributed by atoms with Crippen molar-refractivity contribution in [2.24, 2.45) is 0 Å². The van der Waals surface area contributed by atoms with Gasteiger partial charge in [-0.25, -0.2) is 4.79 Å². The molecule has 3 aromatic rings. The van der Waals surface area contributed by atoms with E-state index in [9.17, 15) is 14.4 Å². The van der Waals surface area contributed by atoms with Crippen LogP contribution in [0.25, 0.3) is 0 Å². The van der Waals surface area contributed by atoms with Crippen LogP contribution < -0.4 is 14.8 Å². The highest BCUT2D eigenvalue weighted by atomic mass is 16.5. The van der Waals surface area contributed by atoms with E-state index < -0.39 is 18.4 Å². The van der Waals surface area contributed by atoms with Gasteiger partial charge in [0.15, 0.2) is 6.61 Å². The van der Waals surface area contributed by atoms with E-state index in [2.05, 4.69) is 5.32 Å². The molecule has 164 valence electrons. The van der Waals surface area contributed by atoms with Crippen molar-refractivity contribution in [1.82, 2.24) is 0 Å². The molecular weight excluding hydrogens is 410 g/mol. The van der Waals surface area contributed by atoms with Crippen LogP contribution in [0.5, 0.6) is 11.5 Å². The smallest absolute Gasteiger partial charge is 0.340 e. The molecule has 0 atom stereocenters. The predicted octanol–water partition coefficient (Wildman–Crippen LogP) is 3.92. The molecule has 0 radical (unpaired) electrons. The molecule has 0 saturated carbocycles. The number of ether oxygens (including phenoxy) is 3. The maximum Gasteiger partial charge on any atom is 0.340 e. The van der Waals surface area contributed by atoms with E-state index in [0.29, 0.717) is 17.2 Å². The first-order valence-electron chi connectivity index (χ1n) is 9.87. The van der Waals surface area contributed by atoms with Crippen LogP contribution in [0.2, 0.25) is 0 Å². The van der Waals surface area contributed by atoms with Gasteiger partial charge in [0, 0.05) is 6.07 Å². The van der Waals surface area contributed by atoms with E-state index in [1.54, 1.807) is 36.4 Å². The third-order valence-corrected chi connectivity index (χ3v) is 4.67. The second-order valence-corrected chi connectivity index (χ2v) is 6.82. The summed E-state index contributed by atoms with van der Waals surface area (Å²) in [6.07, 6.45) is 0.167. The van der Waals surface area contributed by atoms with E-state index in [1.807, 2.05) is 30.3 Å². The molecule has 7 nitrogen and oxygen atoms in total. The van der Waals surface area contributed by atoms with Crippen LogP contribution in [-0.2, 0) is 16.0 Å². The Morgan fingerprint density at radius 3 is 2.25 bits per heavy atom. The molecule has 0 aliphatic heterocycles. The maximum atomic E-state index is 12.6. The van der Waals surface area contributed by atoms with Crippen molar-refractivity contribution < 1.29 is 28.6 Å². The summed E-state index contributed by atoms with van der Waals surface area (Å²) in [5.41, 5.74) is 1.59. The molecule has 0 bridgehead atoms. The monoisotopic (exact) mass is 433 g/mol. The SMILES string of the molecule is COc1ccc(C(=O)COC(=O)c2ccccc2NC(=O)Cc2ccccc2)c(OC)c1. The number of methoxy groups -OCH3 is 2. The molecular formula is C25H23NO6. The van der Waals surface area contributed by atoms with Gasteiger partial charge in [-0.15, -0.1) is 0 Å². The molecule has 3 rings (SSSR count). The summed E-state index contributed by atoms with van der Waals surface area (Å²) in [6.45, 7) is -0.478. The molecule has 0 saturated heterocycles. The lowest BCUT2D eigenvalue weighted by Crippen LogP contribution is -2.19. The average molecular weight is 433 g/mol. The normalized spacial score (nSPS) is 10.2. The Labute approximate surface area is 185 Å². The Balaban J connectivity index is 1.66.